The summed E-state index contributed by atoms with van der Waals surface area (Å²) in [4.78, 5) is 23.3. The van der Waals surface area contributed by atoms with Crippen molar-refractivity contribution < 1.29 is 18.4 Å². The summed E-state index contributed by atoms with van der Waals surface area (Å²) in [6, 6.07) is 12.0. The average Bonchev–Trinajstić information content (AvgIpc) is 3.46. The fraction of sp³-hybridized carbons (Fsp3) is 0.250. The van der Waals surface area contributed by atoms with Gasteiger partial charge in [0.25, 0.3) is 0 Å². The normalized spacial score (nSPS) is 14.7. The Morgan fingerprint density at radius 1 is 0.605 bits per heavy atom. The van der Waals surface area contributed by atoms with E-state index in [0.29, 0.717) is 0 Å². The average molecular weight is 503 g/mol. The first-order valence-corrected chi connectivity index (χ1v) is 13.4. The minimum Gasteiger partial charge on any atom is -0.456 e. The number of carbonyl (C=O) groups excluding carboxylic acids is 2. The number of hydrogen-bond acceptors (Lipinski definition) is 4. The van der Waals surface area contributed by atoms with Crippen molar-refractivity contribution in [3.63, 3.8) is 0 Å². The van der Waals surface area contributed by atoms with Gasteiger partial charge in [-0.3, -0.25) is 9.59 Å². The Morgan fingerprint density at radius 3 is 1.45 bits per heavy atom. The molecule has 0 radical (unpaired) electrons. The van der Waals surface area contributed by atoms with Gasteiger partial charge in [0.05, 0.1) is 0 Å². The molecule has 6 aromatic rings. The molecule has 188 valence electrons. The molecule has 0 spiro atoms. The molecule has 38 heavy (non-hydrogen) atoms. The second-order valence-electron chi connectivity index (χ2n) is 10.8. The minimum atomic E-state index is -0.0929. The van der Waals surface area contributed by atoms with Crippen LogP contribution in [0, 0.1) is 0 Å². The molecule has 6 heteroatoms. The molecule has 0 saturated carbocycles. The number of anilines is 2. The maximum atomic E-state index is 11.7. The number of aryl methyl sites for hydroxylation is 4. The first-order chi connectivity index (χ1) is 18.5. The number of fused-ring (bicyclic) bond motifs is 10. The van der Waals surface area contributed by atoms with E-state index in [1.54, 1.807) is 0 Å². The summed E-state index contributed by atoms with van der Waals surface area (Å²) < 4.78 is 13.2. The van der Waals surface area contributed by atoms with Gasteiger partial charge in [0.1, 0.15) is 22.3 Å². The zero-order chi connectivity index (χ0) is 25.7. The van der Waals surface area contributed by atoms with Gasteiger partial charge in [-0.2, -0.15) is 0 Å². The van der Waals surface area contributed by atoms with Crippen LogP contribution in [0.25, 0.3) is 54.6 Å². The van der Waals surface area contributed by atoms with Crippen LogP contribution in [0.1, 0.15) is 48.9 Å². The number of amides is 2. The zero-order valence-electron chi connectivity index (χ0n) is 21.3. The largest absolute Gasteiger partial charge is 0.456 e. The van der Waals surface area contributed by atoms with Crippen LogP contribution in [0.3, 0.4) is 0 Å². The summed E-state index contributed by atoms with van der Waals surface area (Å²) in [5, 5.41) is 13.1. The van der Waals surface area contributed by atoms with E-state index in [9.17, 15) is 9.59 Å². The van der Waals surface area contributed by atoms with E-state index in [2.05, 4.69) is 22.8 Å². The Labute approximate surface area is 217 Å². The van der Waals surface area contributed by atoms with Crippen LogP contribution in [-0.4, -0.2) is 11.8 Å². The predicted molar refractivity (Wildman–Crippen MR) is 151 cm³/mol. The van der Waals surface area contributed by atoms with Crippen LogP contribution in [-0.2, 0) is 35.3 Å². The van der Waals surface area contributed by atoms with Gasteiger partial charge < -0.3 is 19.5 Å². The topological polar surface area (TPSA) is 84.5 Å². The van der Waals surface area contributed by atoms with E-state index in [1.165, 1.54) is 57.6 Å². The maximum absolute atomic E-state index is 11.7. The summed E-state index contributed by atoms with van der Waals surface area (Å²) >= 11 is 0. The summed E-state index contributed by atoms with van der Waals surface area (Å²) in [7, 11) is 0. The van der Waals surface area contributed by atoms with E-state index >= 15 is 0 Å². The standard InChI is InChI=1S/C32H26N2O4/c1-15(35)33-17-9-11-19-25(13-17)37-31-23-7-4-6-22-28(23)27-21(29(19)31)5-3-8-24(27)32-30(22)20-12-10-18(34-16(2)36)14-26(20)38-32/h9-14H,3-8H2,1-2H3,(H,33,35)(H,34,36). The van der Waals surface area contributed by atoms with Crippen molar-refractivity contribution >= 4 is 77.8 Å². The van der Waals surface area contributed by atoms with Crippen molar-refractivity contribution in [1.82, 2.24) is 0 Å². The van der Waals surface area contributed by atoms with Crippen LogP contribution in [0.2, 0.25) is 0 Å². The van der Waals surface area contributed by atoms with Gasteiger partial charge in [-0.1, -0.05) is 0 Å². The Balaban J connectivity index is 1.51. The molecule has 2 aliphatic rings. The lowest BCUT2D eigenvalue weighted by atomic mass is 9.77. The molecular formula is C32H26N2O4. The highest BCUT2D eigenvalue weighted by molar-refractivity contribution is 6.23. The maximum Gasteiger partial charge on any atom is 0.221 e. The number of hydrogen-bond donors (Lipinski definition) is 2. The fourth-order valence-corrected chi connectivity index (χ4v) is 7.09. The quantitative estimate of drug-likeness (QED) is 0.256. The second-order valence-corrected chi connectivity index (χ2v) is 10.8. The molecule has 0 aliphatic heterocycles. The molecule has 2 N–H and O–H groups in total. The van der Waals surface area contributed by atoms with Crippen LogP contribution >= 0.6 is 0 Å². The first kappa shape index (κ1) is 21.7. The summed E-state index contributed by atoms with van der Waals surface area (Å²) in [5.41, 5.74) is 10.4. The third-order valence-electron chi connectivity index (χ3n) is 8.34. The molecule has 2 amide bonds. The highest BCUT2D eigenvalue weighted by Gasteiger charge is 2.31. The van der Waals surface area contributed by atoms with Gasteiger partial charge >= 0.3 is 0 Å². The van der Waals surface area contributed by atoms with Crippen LogP contribution < -0.4 is 10.6 Å². The van der Waals surface area contributed by atoms with E-state index in [1.807, 2.05) is 24.3 Å². The third kappa shape index (κ3) is 2.88. The van der Waals surface area contributed by atoms with Gasteiger partial charge in [0.2, 0.25) is 11.8 Å². The highest BCUT2D eigenvalue weighted by Crippen LogP contribution is 2.51. The zero-order valence-corrected chi connectivity index (χ0v) is 21.3. The smallest absolute Gasteiger partial charge is 0.221 e. The van der Waals surface area contributed by atoms with E-state index in [-0.39, 0.29) is 11.8 Å². The van der Waals surface area contributed by atoms with Crippen molar-refractivity contribution in [1.29, 1.82) is 0 Å². The van der Waals surface area contributed by atoms with Crippen molar-refractivity contribution in [2.45, 2.75) is 52.4 Å². The van der Waals surface area contributed by atoms with Crippen molar-refractivity contribution in [3.05, 3.63) is 58.7 Å². The molecule has 8 rings (SSSR count). The summed E-state index contributed by atoms with van der Waals surface area (Å²) in [5.74, 6) is -0.186. The van der Waals surface area contributed by atoms with Crippen molar-refractivity contribution in [2.75, 3.05) is 10.6 Å². The van der Waals surface area contributed by atoms with Gasteiger partial charge in [-0.15, -0.1) is 0 Å². The summed E-state index contributed by atoms with van der Waals surface area (Å²) in [6.45, 7) is 3.04. The number of benzene rings is 4. The molecule has 2 aromatic heterocycles. The SMILES string of the molecule is CC(=O)Nc1ccc2c(c1)oc1c3c4c(c5c(oc6cc(NC(C)=O)ccc65)c5c4c(c12)CCC5)CCC3. The van der Waals surface area contributed by atoms with Crippen LogP contribution in [0.4, 0.5) is 11.4 Å². The lowest BCUT2D eigenvalue weighted by Crippen LogP contribution is -2.10. The molecule has 0 bridgehead atoms. The van der Waals surface area contributed by atoms with E-state index < -0.39 is 0 Å². The van der Waals surface area contributed by atoms with Crippen molar-refractivity contribution in [3.8, 4) is 0 Å². The van der Waals surface area contributed by atoms with Gasteiger partial charge in [-0.25, -0.2) is 0 Å². The van der Waals surface area contributed by atoms with Crippen LogP contribution in [0.15, 0.2) is 45.2 Å². The van der Waals surface area contributed by atoms with Crippen LogP contribution in [0.5, 0.6) is 0 Å². The first-order valence-electron chi connectivity index (χ1n) is 13.4. The number of rotatable bonds is 2. The molecule has 0 fully saturated rings. The Bertz CT molecular complexity index is 1890. The molecule has 0 saturated heterocycles. The van der Waals surface area contributed by atoms with Gasteiger partial charge in [0, 0.05) is 70.0 Å². The Hall–Kier alpha value is -4.32. The fourth-order valence-electron chi connectivity index (χ4n) is 7.09. The molecule has 0 atom stereocenters. The number of nitrogens with one attached hydrogen (secondary N) is 2. The monoisotopic (exact) mass is 502 g/mol. The van der Waals surface area contributed by atoms with E-state index in [4.69, 9.17) is 8.83 Å². The van der Waals surface area contributed by atoms with Gasteiger partial charge in [0.15, 0.2) is 0 Å². The minimum absolute atomic E-state index is 0.0929. The summed E-state index contributed by atoms with van der Waals surface area (Å²) in [6.07, 6.45) is 6.06. The molecule has 2 aliphatic carbocycles. The lowest BCUT2D eigenvalue weighted by molar-refractivity contribution is -0.115. The lowest BCUT2D eigenvalue weighted by Gasteiger charge is -2.26. The molecular weight excluding hydrogens is 476 g/mol. The van der Waals surface area contributed by atoms with Gasteiger partial charge in [-0.05, 0) is 84.7 Å². The Kier molecular flexibility index (Phi) is 4.35. The third-order valence-corrected chi connectivity index (χ3v) is 8.34. The Morgan fingerprint density at radius 2 is 1.03 bits per heavy atom. The molecule has 2 heterocycles. The molecule has 4 aromatic carbocycles. The second kappa shape index (κ2) is 7.60. The van der Waals surface area contributed by atoms with Crippen molar-refractivity contribution in [2.24, 2.45) is 0 Å². The molecule has 0 unspecified atom stereocenters. The predicted octanol–water partition coefficient (Wildman–Crippen LogP) is 7.53. The van der Waals surface area contributed by atoms with E-state index in [0.717, 1.165) is 83.0 Å². The number of carbonyl (C=O) groups is 2. The number of furan rings is 2. The molecule has 6 nitrogen and oxygen atoms in total. The highest BCUT2D eigenvalue weighted by atomic mass is 16.3.